The second-order valence-electron chi connectivity index (χ2n) is 4.85. The highest BCUT2D eigenvalue weighted by Gasteiger charge is 2.24. The Kier molecular flexibility index (Phi) is 5.38. The summed E-state index contributed by atoms with van der Waals surface area (Å²) >= 11 is 0. The van der Waals surface area contributed by atoms with E-state index in [2.05, 4.69) is 32.7 Å². The molecule has 0 aromatic rings. The van der Waals surface area contributed by atoms with Crippen LogP contribution in [0.4, 0.5) is 0 Å². The van der Waals surface area contributed by atoms with Gasteiger partial charge in [0.05, 0.1) is 5.60 Å². The fourth-order valence-electron chi connectivity index (χ4n) is 1.36. The smallest absolute Gasteiger partial charge is 0.0623 e. The quantitative estimate of drug-likeness (QED) is 0.636. The van der Waals surface area contributed by atoms with Gasteiger partial charge in [0.15, 0.2) is 0 Å². The number of hydrogen-bond acceptors (Lipinski definition) is 2. The molecule has 0 saturated carbocycles. The first-order chi connectivity index (χ1) is 6.39. The van der Waals surface area contributed by atoms with E-state index in [0.29, 0.717) is 0 Å². The second-order valence-corrected chi connectivity index (χ2v) is 4.85. The Bertz CT molecular complexity index is 177. The number of ether oxygens (including phenoxy) is 1. The minimum Gasteiger partial charge on any atom is -0.379 e. The van der Waals surface area contributed by atoms with Gasteiger partial charge in [-0.2, -0.15) is 0 Å². The average molecular weight is 199 g/mol. The maximum Gasteiger partial charge on any atom is 0.0623 e. The molecule has 0 saturated heterocycles. The first-order valence-corrected chi connectivity index (χ1v) is 5.22. The predicted octanol–water partition coefficient (Wildman–Crippen LogP) is 2.60. The van der Waals surface area contributed by atoms with Crippen molar-refractivity contribution in [3.05, 3.63) is 12.7 Å². The van der Waals surface area contributed by atoms with E-state index in [0.717, 1.165) is 19.4 Å². The summed E-state index contributed by atoms with van der Waals surface area (Å²) in [5.41, 5.74) is 0.141. The molecule has 1 atom stereocenters. The molecule has 2 nitrogen and oxygen atoms in total. The monoisotopic (exact) mass is 199 g/mol. The van der Waals surface area contributed by atoms with Gasteiger partial charge in [-0.05, 0) is 39.2 Å². The lowest BCUT2D eigenvalue weighted by Gasteiger charge is -2.30. The van der Waals surface area contributed by atoms with Crippen LogP contribution in [0.1, 0.15) is 33.6 Å². The lowest BCUT2D eigenvalue weighted by molar-refractivity contribution is 0.00773. The van der Waals surface area contributed by atoms with Crippen molar-refractivity contribution >= 4 is 0 Å². The van der Waals surface area contributed by atoms with Crippen molar-refractivity contribution < 1.29 is 4.74 Å². The number of rotatable bonds is 7. The molecule has 0 radical (unpaired) electrons. The zero-order valence-electron chi connectivity index (χ0n) is 10.3. The van der Waals surface area contributed by atoms with Crippen molar-refractivity contribution in [2.75, 3.05) is 20.7 Å². The van der Waals surface area contributed by atoms with E-state index in [1.165, 1.54) is 0 Å². The van der Waals surface area contributed by atoms with Crippen LogP contribution in [0.2, 0.25) is 0 Å². The van der Waals surface area contributed by atoms with Gasteiger partial charge in [0.25, 0.3) is 0 Å². The minimum absolute atomic E-state index is 0.0298. The van der Waals surface area contributed by atoms with Crippen molar-refractivity contribution in [1.82, 2.24) is 5.32 Å². The molecule has 0 bridgehead atoms. The summed E-state index contributed by atoms with van der Waals surface area (Å²) in [4.78, 5) is 0. The fourth-order valence-corrected chi connectivity index (χ4v) is 1.36. The van der Waals surface area contributed by atoms with E-state index in [1.54, 1.807) is 7.11 Å². The van der Waals surface area contributed by atoms with Crippen LogP contribution in [0, 0.1) is 5.41 Å². The first-order valence-electron chi connectivity index (χ1n) is 5.22. The highest BCUT2D eigenvalue weighted by atomic mass is 16.5. The lowest BCUT2D eigenvalue weighted by atomic mass is 9.82. The van der Waals surface area contributed by atoms with Gasteiger partial charge in [0, 0.05) is 13.7 Å². The van der Waals surface area contributed by atoms with Gasteiger partial charge < -0.3 is 10.1 Å². The Balaban J connectivity index is 4.13. The molecule has 0 amide bonds. The van der Waals surface area contributed by atoms with Gasteiger partial charge in [0.1, 0.15) is 0 Å². The molecule has 1 N–H and O–H groups in total. The predicted molar refractivity (Wildman–Crippen MR) is 62.6 cm³/mol. The minimum atomic E-state index is -0.0298. The van der Waals surface area contributed by atoms with E-state index >= 15 is 0 Å². The van der Waals surface area contributed by atoms with Gasteiger partial charge >= 0.3 is 0 Å². The van der Waals surface area contributed by atoms with Crippen LogP contribution in [-0.4, -0.2) is 26.3 Å². The van der Waals surface area contributed by atoms with E-state index in [4.69, 9.17) is 4.74 Å². The summed E-state index contributed by atoms with van der Waals surface area (Å²) in [6.07, 6.45) is 4.18. The van der Waals surface area contributed by atoms with Crippen LogP contribution in [0.15, 0.2) is 12.7 Å². The number of nitrogens with one attached hydrogen (secondary N) is 1. The molecule has 0 aliphatic rings. The van der Waals surface area contributed by atoms with E-state index in [-0.39, 0.29) is 11.0 Å². The third-order valence-corrected chi connectivity index (χ3v) is 2.92. The summed E-state index contributed by atoms with van der Waals surface area (Å²) < 4.78 is 5.40. The topological polar surface area (TPSA) is 21.3 Å². The summed E-state index contributed by atoms with van der Waals surface area (Å²) in [7, 11) is 3.74. The zero-order chi connectivity index (χ0) is 11.2. The Morgan fingerprint density at radius 1 is 1.29 bits per heavy atom. The van der Waals surface area contributed by atoms with Gasteiger partial charge in [-0.25, -0.2) is 0 Å². The molecule has 0 heterocycles. The van der Waals surface area contributed by atoms with Crippen LogP contribution < -0.4 is 5.32 Å². The molecular weight excluding hydrogens is 174 g/mol. The van der Waals surface area contributed by atoms with Crippen molar-refractivity contribution in [3.8, 4) is 0 Å². The molecule has 0 aromatic heterocycles. The first kappa shape index (κ1) is 13.7. The van der Waals surface area contributed by atoms with E-state index in [1.807, 2.05) is 13.1 Å². The highest BCUT2D eigenvalue weighted by Crippen LogP contribution is 2.28. The van der Waals surface area contributed by atoms with E-state index in [9.17, 15) is 0 Å². The average Bonchev–Trinajstić information content (AvgIpc) is 2.16. The Hall–Kier alpha value is -0.340. The Labute approximate surface area is 88.7 Å². The largest absolute Gasteiger partial charge is 0.379 e. The normalized spacial score (nSPS) is 16.4. The van der Waals surface area contributed by atoms with Crippen LogP contribution in [0.5, 0.6) is 0 Å². The van der Waals surface area contributed by atoms with Crippen LogP contribution in [-0.2, 0) is 4.74 Å². The van der Waals surface area contributed by atoms with Crippen molar-refractivity contribution in [2.45, 2.75) is 39.2 Å². The number of hydrogen-bond donors (Lipinski definition) is 1. The van der Waals surface area contributed by atoms with Crippen molar-refractivity contribution in [3.63, 3.8) is 0 Å². The standard InChI is InChI=1S/C12H25NO/c1-7-12(4,10-13-5)9-8-11(2,3)14-6/h7,13H,1,8-10H2,2-6H3. The molecule has 14 heavy (non-hydrogen) atoms. The van der Waals surface area contributed by atoms with Crippen molar-refractivity contribution in [2.24, 2.45) is 5.41 Å². The maximum atomic E-state index is 5.40. The molecule has 0 rings (SSSR count). The highest BCUT2D eigenvalue weighted by molar-refractivity contribution is 4.94. The summed E-state index contributed by atoms with van der Waals surface area (Å²) in [6.45, 7) is 11.3. The molecule has 1 unspecified atom stereocenters. The molecule has 0 aromatic carbocycles. The van der Waals surface area contributed by atoms with E-state index < -0.39 is 0 Å². The summed E-state index contributed by atoms with van der Waals surface area (Å²) in [6, 6.07) is 0. The summed E-state index contributed by atoms with van der Waals surface area (Å²) in [5, 5.41) is 3.20. The fraction of sp³-hybridized carbons (Fsp3) is 0.833. The van der Waals surface area contributed by atoms with Crippen LogP contribution in [0.3, 0.4) is 0 Å². The van der Waals surface area contributed by atoms with Crippen molar-refractivity contribution in [1.29, 1.82) is 0 Å². The zero-order valence-corrected chi connectivity index (χ0v) is 10.3. The van der Waals surface area contributed by atoms with Gasteiger partial charge in [-0.15, -0.1) is 6.58 Å². The molecule has 0 aliphatic carbocycles. The lowest BCUT2D eigenvalue weighted by Crippen LogP contribution is -2.31. The third kappa shape index (κ3) is 4.77. The molecule has 0 aliphatic heterocycles. The Morgan fingerprint density at radius 2 is 1.86 bits per heavy atom. The summed E-state index contributed by atoms with van der Waals surface area (Å²) in [5.74, 6) is 0. The van der Waals surface area contributed by atoms with Gasteiger partial charge in [-0.3, -0.25) is 0 Å². The molecule has 0 fully saturated rings. The second kappa shape index (κ2) is 5.52. The molecule has 84 valence electrons. The third-order valence-electron chi connectivity index (χ3n) is 2.92. The molecule has 0 spiro atoms. The Morgan fingerprint density at radius 3 is 2.21 bits per heavy atom. The van der Waals surface area contributed by atoms with Crippen LogP contribution in [0.25, 0.3) is 0 Å². The van der Waals surface area contributed by atoms with Gasteiger partial charge in [-0.1, -0.05) is 13.0 Å². The molecule has 2 heteroatoms. The van der Waals surface area contributed by atoms with Gasteiger partial charge in [0.2, 0.25) is 0 Å². The van der Waals surface area contributed by atoms with Crippen LogP contribution >= 0.6 is 0 Å². The molecular formula is C12H25NO. The number of methoxy groups -OCH3 is 1. The SMILES string of the molecule is C=CC(C)(CCC(C)(C)OC)CNC. The maximum absolute atomic E-state index is 5.40.